The zero-order valence-electron chi connectivity index (χ0n) is 23.5. The number of ether oxygens (including phenoxy) is 2. The third-order valence-electron chi connectivity index (χ3n) is 10.9. The summed E-state index contributed by atoms with van der Waals surface area (Å²) < 4.78 is 12.8. The predicted octanol–water partition coefficient (Wildman–Crippen LogP) is 6.61. The molecule has 1 N–H and O–H groups in total. The minimum Gasteiger partial charge on any atom is -0.385 e. The van der Waals surface area contributed by atoms with Gasteiger partial charge in [-0.3, -0.25) is 9.78 Å². The summed E-state index contributed by atoms with van der Waals surface area (Å²) in [6, 6.07) is 12.9. The summed E-state index contributed by atoms with van der Waals surface area (Å²) in [6.07, 6.45) is 9.94. The van der Waals surface area contributed by atoms with Crippen molar-refractivity contribution < 1.29 is 19.4 Å². The number of aromatic nitrogens is 1. The number of allylic oxidation sites excluding steroid dienone is 1. The van der Waals surface area contributed by atoms with Gasteiger partial charge in [-0.05, 0) is 72.3 Å². The Bertz CT molecular complexity index is 1300. The molecule has 0 amide bonds. The lowest BCUT2D eigenvalue weighted by atomic mass is 9.51. The van der Waals surface area contributed by atoms with Crippen LogP contribution < -0.4 is 0 Å². The van der Waals surface area contributed by atoms with Gasteiger partial charge in [-0.15, -0.1) is 0 Å². The second kappa shape index (κ2) is 8.83. The van der Waals surface area contributed by atoms with Crippen LogP contribution in [0.15, 0.2) is 59.9 Å². The van der Waals surface area contributed by atoms with Crippen molar-refractivity contribution in [1.82, 2.24) is 4.98 Å². The maximum Gasteiger partial charge on any atom is 0.171 e. The van der Waals surface area contributed by atoms with Gasteiger partial charge in [-0.25, -0.2) is 0 Å². The quantitative estimate of drug-likeness (QED) is 0.445. The Hall–Kier alpha value is -2.34. The lowest BCUT2D eigenvalue weighted by molar-refractivity contribution is -0.322. The van der Waals surface area contributed by atoms with Crippen LogP contribution >= 0.6 is 0 Å². The minimum atomic E-state index is -0.907. The fourth-order valence-corrected chi connectivity index (χ4v) is 8.77. The van der Waals surface area contributed by atoms with Crippen LogP contribution in [0.3, 0.4) is 0 Å². The molecule has 1 aromatic carbocycles. The summed E-state index contributed by atoms with van der Waals surface area (Å²) in [6.45, 7) is 7.88. The zero-order valence-corrected chi connectivity index (χ0v) is 23.5. The van der Waals surface area contributed by atoms with Crippen molar-refractivity contribution >= 4 is 5.78 Å². The molecule has 1 aromatic heterocycles. The van der Waals surface area contributed by atoms with Crippen molar-refractivity contribution in [2.24, 2.45) is 22.7 Å². The summed E-state index contributed by atoms with van der Waals surface area (Å²) >= 11 is 0. The van der Waals surface area contributed by atoms with E-state index in [9.17, 15) is 9.90 Å². The van der Waals surface area contributed by atoms with Crippen LogP contribution in [0.4, 0.5) is 0 Å². The molecule has 5 nitrogen and oxygen atoms in total. The zero-order chi connectivity index (χ0) is 27.0. The number of carbonyl (C=O) groups is 1. The molecule has 2 heterocycles. The van der Waals surface area contributed by atoms with E-state index in [0.717, 1.165) is 49.7 Å². The molecule has 39 heavy (non-hydrogen) atoms. The number of Topliss-reactive ketones (excluding diaryl/α,β-unsaturated/α-hetero) is 1. The molecule has 3 saturated carbocycles. The molecule has 1 saturated heterocycles. The summed E-state index contributed by atoms with van der Waals surface area (Å²) in [7, 11) is 0. The largest absolute Gasteiger partial charge is 0.385 e. The molecule has 5 atom stereocenters. The Balaban J connectivity index is 1.28. The van der Waals surface area contributed by atoms with Gasteiger partial charge in [0.15, 0.2) is 5.79 Å². The SMILES string of the molecule is CC1(C)COC2(CCC3=C4[C@@H](CC[C@@]3(O)C2)[C@H]2CCC(=O)[C@@]2(C)C[C@@H]4c2ccc(-c3cccnc3)cc2)OC1. The van der Waals surface area contributed by atoms with E-state index < -0.39 is 11.4 Å². The van der Waals surface area contributed by atoms with E-state index in [-0.39, 0.29) is 16.7 Å². The minimum absolute atomic E-state index is 0.000177. The Morgan fingerprint density at radius 3 is 2.44 bits per heavy atom. The van der Waals surface area contributed by atoms with Crippen LogP contribution in [0.5, 0.6) is 0 Å². The molecular weight excluding hydrogens is 486 g/mol. The molecule has 0 unspecified atom stereocenters. The fourth-order valence-electron chi connectivity index (χ4n) is 8.77. The maximum absolute atomic E-state index is 13.3. The highest BCUT2D eigenvalue weighted by Crippen LogP contribution is 2.64. The molecule has 0 radical (unpaired) electrons. The first-order chi connectivity index (χ1) is 18.6. The molecule has 4 fully saturated rings. The van der Waals surface area contributed by atoms with Gasteiger partial charge >= 0.3 is 0 Å². The Labute approximate surface area is 232 Å². The van der Waals surface area contributed by atoms with Crippen molar-refractivity contribution in [2.45, 2.75) is 89.4 Å². The van der Waals surface area contributed by atoms with Crippen LogP contribution in [0.2, 0.25) is 0 Å². The van der Waals surface area contributed by atoms with Crippen molar-refractivity contribution in [3.63, 3.8) is 0 Å². The number of pyridine rings is 1. The molecule has 7 rings (SSSR count). The van der Waals surface area contributed by atoms with E-state index in [1.54, 1.807) is 6.20 Å². The second-order valence-electron chi connectivity index (χ2n) is 14.0. The lowest BCUT2D eigenvalue weighted by Gasteiger charge is -2.56. The van der Waals surface area contributed by atoms with Crippen molar-refractivity contribution in [3.05, 3.63) is 65.5 Å². The maximum atomic E-state index is 13.3. The average molecular weight is 528 g/mol. The number of fused-ring (bicyclic) bond motifs is 4. The standard InChI is InChI=1S/C34H41NO4/c1-31(2)20-38-34(39-21-31)15-13-28-30-25(12-14-33(28,37)19-34)27-10-11-29(36)32(27,3)17-26(30)23-8-6-22(7-9-23)24-5-4-16-35-18-24/h4-9,16,18,25-27,37H,10-15,17,19-21H2,1-3H3/t25-,26+,27+,32-,33+/m0/s1. The number of aliphatic hydroxyl groups is 1. The topological polar surface area (TPSA) is 68.7 Å². The molecule has 1 aliphatic heterocycles. The van der Waals surface area contributed by atoms with Gasteiger partial charge in [-0.1, -0.05) is 56.7 Å². The molecule has 1 spiro atoms. The molecule has 2 aromatic rings. The highest BCUT2D eigenvalue weighted by atomic mass is 16.7. The van der Waals surface area contributed by atoms with E-state index in [1.807, 2.05) is 12.3 Å². The van der Waals surface area contributed by atoms with Gasteiger partial charge in [0.05, 0.1) is 18.8 Å². The first-order valence-corrected chi connectivity index (χ1v) is 14.9. The monoisotopic (exact) mass is 527 g/mol. The smallest absolute Gasteiger partial charge is 0.171 e. The highest BCUT2D eigenvalue weighted by Gasteiger charge is 2.60. The van der Waals surface area contributed by atoms with E-state index in [2.05, 4.69) is 56.1 Å². The lowest BCUT2D eigenvalue weighted by Crippen LogP contribution is -2.57. The van der Waals surface area contributed by atoms with Gasteiger partial charge in [0.1, 0.15) is 5.78 Å². The summed E-state index contributed by atoms with van der Waals surface area (Å²) in [5.41, 5.74) is 4.97. The number of carbonyl (C=O) groups excluding carboxylic acids is 1. The molecular formula is C34H41NO4. The number of hydrogen-bond acceptors (Lipinski definition) is 5. The van der Waals surface area contributed by atoms with Gasteiger partial charge in [0.25, 0.3) is 0 Å². The van der Waals surface area contributed by atoms with Gasteiger partial charge in [0.2, 0.25) is 0 Å². The Morgan fingerprint density at radius 1 is 0.949 bits per heavy atom. The molecule has 5 aliphatic rings. The molecule has 5 heteroatoms. The van der Waals surface area contributed by atoms with E-state index in [1.165, 1.54) is 16.7 Å². The predicted molar refractivity (Wildman–Crippen MR) is 150 cm³/mol. The van der Waals surface area contributed by atoms with Crippen LogP contribution in [-0.2, 0) is 14.3 Å². The van der Waals surface area contributed by atoms with Crippen molar-refractivity contribution in [3.8, 4) is 11.1 Å². The fraction of sp³-hybridized carbons (Fsp3) is 0.588. The third kappa shape index (κ3) is 4.07. The van der Waals surface area contributed by atoms with E-state index in [4.69, 9.17) is 9.47 Å². The van der Waals surface area contributed by atoms with Gasteiger partial charge in [0, 0.05) is 48.4 Å². The van der Waals surface area contributed by atoms with E-state index in [0.29, 0.717) is 43.7 Å². The van der Waals surface area contributed by atoms with Crippen LogP contribution in [-0.4, -0.2) is 40.5 Å². The van der Waals surface area contributed by atoms with Crippen LogP contribution in [0.1, 0.15) is 83.6 Å². The number of rotatable bonds is 2. The third-order valence-corrected chi connectivity index (χ3v) is 10.9. The number of hydrogen-bond donors (Lipinski definition) is 1. The van der Waals surface area contributed by atoms with Crippen LogP contribution in [0.25, 0.3) is 11.1 Å². The van der Waals surface area contributed by atoms with E-state index >= 15 is 0 Å². The Morgan fingerprint density at radius 2 is 1.72 bits per heavy atom. The van der Waals surface area contributed by atoms with Crippen LogP contribution in [0, 0.1) is 22.7 Å². The summed E-state index contributed by atoms with van der Waals surface area (Å²) in [5, 5.41) is 12.3. The summed E-state index contributed by atoms with van der Waals surface area (Å²) in [4.78, 5) is 17.6. The van der Waals surface area contributed by atoms with Crippen molar-refractivity contribution in [1.29, 1.82) is 0 Å². The van der Waals surface area contributed by atoms with Gasteiger partial charge in [-0.2, -0.15) is 0 Å². The number of ketones is 1. The molecule has 206 valence electrons. The number of nitrogens with zero attached hydrogens (tertiary/aromatic N) is 1. The molecule has 4 aliphatic carbocycles. The second-order valence-corrected chi connectivity index (χ2v) is 14.0. The first kappa shape index (κ1) is 25.6. The Kier molecular flexibility index (Phi) is 5.80. The first-order valence-electron chi connectivity index (χ1n) is 14.9. The highest BCUT2D eigenvalue weighted by molar-refractivity contribution is 5.87. The normalized spacial score (nSPS) is 36.8. The van der Waals surface area contributed by atoms with Gasteiger partial charge < -0.3 is 14.6 Å². The van der Waals surface area contributed by atoms with Crippen molar-refractivity contribution in [2.75, 3.05) is 13.2 Å². The average Bonchev–Trinajstić information content (AvgIpc) is 3.24. The molecule has 0 bridgehead atoms. The summed E-state index contributed by atoms with van der Waals surface area (Å²) in [5.74, 6) is 0.624. The number of benzene rings is 1.